The fourth-order valence-corrected chi connectivity index (χ4v) is 6.01. The molecule has 0 radical (unpaired) electrons. The number of rotatable bonds is 7. The van der Waals surface area contributed by atoms with Gasteiger partial charge in [-0.1, -0.05) is 36.9 Å². The summed E-state index contributed by atoms with van der Waals surface area (Å²) in [7, 11) is 1.60. The lowest BCUT2D eigenvalue weighted by Crippen LogP contribution is -2.29. The minimum Gasteiger partial charge on any atom is -0.383 e. The first-order chi connectivity index (χ1) is 14.6. The van der Waals surface area contributed by atoms with Crippen LogP contribution in [0.2, 0.25) is 0 Å². The van der Waals surface area contributed by atoms with E-state index in [-0.39, 0.29) is 17.2 Å². The zero-order valence-electron chi connectivity index (χ0n) is 17.1. The molecule has 0 bridgehead atoms. The van der Waals surface area contributed by atoms with Crippen molar-refractivity contribution < 1.29 is 9.53 Å². The van der Waals surface area contributed by atoms with E-state index in [4.69, 9.17) is 9.72 Å². The highest BCUT2D eigenvalue weighted by molar-refractivity contribution is 7.99. The average molecular weight is 444 g/mol. The molecule has 2 heterocycles. The molecule has 4 rings (SSSR count). The van der Waals surface area contributed by atoms with Gasteiger partial charge in [-0.2, -0.15) is 0 Å². The van der Waals surface area contributed by atoms with E-state index >= 15 is 0 Å². The van der Waals surface area contributed by atoms with Crippen LogP contribution in [0.25, 0.3) is 15.9 Å². The number of hydrogen-bond acceptors (Lipinski definition) is 6. The minimum atomic E-state index is -0.106. The van der Waals surface area contributed by atoms with Crippen LogP contribution in [0.4, 0.5) is 0 Å². The molecule has 30 heavy (non-hydrogen) atoms. The van der Waals surface area contributed by atoms with Crippen molar-refractivity contribution in [3.05, 3.63) is 51.1 Å². The Bertz CT molecular complexity index is 1110. The number of amides is 1. The normalized spacial score (nSPS) is 15.9. The zero-order chi connectivity index (χ0) is 21.1. The topological polar surface area (TPSA) is 73.2 Å². The summed E-state index contributed by atoms with van der Waals surface area (Å²) in [5.74, 6) is 0.716. The first-order valence-corrected chi connectivity index (χ1v) is 11.9. The van der Waals surface area contributed by atoms with E-state index in [9.17, 15) is 9.59 Å². The summed E-state index contributed by atoms with van der Waals surface area (Å²) in [6, 6.07) is 9.53. The number of para-hydroxylation sites is 1. The number of hydrogen-bond donors (Lipinski definition) is 1. The van der Waals surface area contributed by atoms with Crippen molar-refractivity contribution in [2.75, 3.05) is 26.0 Å². The summed E-state index contributed by atoms with van der Waals surface area (Å²) in [5, 5.41) is 4.11. The molecule has 3 aromatic rings. The predicted molar refractivity (Wildman–Crippen MR) is 122 cm³/mol. The number of aromatic nitrogens is 2. The molecule has 158 valence electrons. The molecule has 0 spiro atoms. The average Bonchev–Trinajstić information content (AvgIpc) is 3.10. The molecule has 0 saturated carbocycles. The Morgan fingerprint density at radius 1 is 1.37 bits per heavy atom. The van der Waals surface area contributed by atoms with Crippen LogP contribution in [0.15, 0.2) is 40.3 Å². The van der Waals surface area contributed by atoms with E-state index in [1.807, 2.05) is 30.3 Å². The number of thiophene rings is 1. The Hall–Kier alpha value is -2.16. The third kappa shape index (κ3) is 4.31. The highest BCUT2D eigenvalue weighted by Crippen LogP contribution is 2.36. The molecule has 0 saturated heterocycles. The summed E-state index contributed by atoms with van der Waals surface area (Å²) in [4.78, 5) is 32.7. The lowest BCUT2D eigenvalue weighted by Gasteiger charge is -2.17. The van der Waals surface area contributed by atoms with Crippen LogP contribution in [0.3, 0.4) is 0 Å². The largest absolute Gasteiger partial charge is 0.383 e. The Morgan fingerprint density at radius 2 is 2.17 bits per heavy atom. The predicted octanol–water partition coefficient (Wildman–Crippen LogP) is 3.43. The van der Waals surface area contributed by atoms with Crippen LogP contribution in [-0.4, -0.2) is 41.5 Å². The maximum absolute atomic E-state index is 13.6. The maximum Gasteiger partial charge on any atom is 0.267 e. The van der Waals surface area contributed by atoms with Crippen molar-refractivity contribution >= 4 is 39.2 Å². The summed E-state index contributed by atoms with van der Waals surface area (Å²) >= 11 is 2.92. The van der Waals surface area contributed by atoms with Gasteiger partial charge in [0.2, 0.25) is 5.91 Å². The maximum atomic E-state index is 13.6. The van der Waals surface area contributed by atoms with E-state index in [0.717, 1.165) is 35.2 Å². The lowest BCUT2D eigenvalue weighted by molar-refractivity contribution is -0.118. The van der Waals surface area contributed by atoms with Crippen molar-refractivity contribution in [3.63, 3.8) is 0 Å². The monoisotopic (exact) mass is 443 g/mol. The standard InChI is InChI=1S/C22H25N3O3S2/c1-14-8-9-16-17(12-14)30-20-19(16)21(27)25(15-6-4-3-5-7-15)22(24-20)29-13-18(26)23-10-11-28-2/h3-7,14H,8-13H2,1-2H3,(H,23,26). The molecule has 2 aromatic heterocycles. The molecule has 1 aromatic carbocycles. The summed E-state index contributed by atoms with van der Waals surface area (Å²) < 4.78 is 6.62. The molecule has 1 aliphatic rings. The zero-order valence-corrected chi connectivity index (χ0v) is 18.8. The van der Waals surface area contributed by atoms with E-state index in [0.29, 0.717) is 24.2 Å². The summed E-state index contributed by atoms with van der Waals surface area (Å²) in [6.45, 7) is 3.19. The van der Waals surface area contributed by atoms with Crippen molar-refractivity contribution in [1.82, 2.24) is 14.9 Å². The molecule has 1 N–H and O–H groups in total. The van der Waals surface area contributed by atoms with Crippen LogP contribution < -0.4 is 10.9 Å². The number of ether oxygens (including phenoxy) is 1. The number of carbonyl (C=O) groups excluding carboxylic acids is 1. The minimum absolute atomic E-state index is 0.0412. The number of methoxy groups -OCH3 is 1. The number of benzene rings is 1. The van der Waals surface area contributed by atoms with Gasteiger partial charge in [0, 0.05) is 18.5 Å². The Labute approximate surface area is 183 Å². The third-order valence-electron chi connectivity index (χ3n) is 5.27. The SMILES string of the molecule is COCCNC(=O)CSc1nc2sc3c(c2c(=O)n1-c1ccccc1)CCC(C)C3. The number of carbonyl (C=O) groups is 1. The van der Waals surface area contributed by atoms with Crippen molar-refractivity contribution in [3.8, 4) is 5.69 Å². The second-order valence-electron chi connectivity index (χ2n) is 7.53. The molecular formula is C22H25N3O3S2. The van der Waals surface area contributed by atoms with Crippen LogP contribution in [0.5, 0.6) is 0 Å². The van der Waals surface area contributed by atoms with E-state index < -0.39 is 0 Å². The molecule has 8 heteroatoms. The van der Waals surface area contributed by atoms with Gasteiger partial charge in [-0.15, -0.1) is 11.3 Å². The Balaban J connectivity index is 1.74. The summed E-state index contributed by atoms with van der Waals surface area (Å²) in [6.07, 6.45) is 3.03. The van der Waals surface area contributed by atoms with E-state index in [1.165, 1.54) is 22.2 Å². The first kappa shape index (κ1) is 21.1. The Kier molecular flexibility index (Phi) is 6.55. The molecule has 1 aliphatic carbocycles. The third-order valence-corrected chi connectivity index (χ3v) is 7.36. The van der Waals surface area contributed by atoms with Gasteiger partial charge < -0.3 is 10.1 Å². The van der Waals surface area contributed by atoms with Crippen LogP contribution in [0, 0.1) is 5.92 Å². The number of nitrogens with zero attached hydrogens (tertiary/aromatic N) is 2. The second-order valence-corrected chi connectivity index (χ2v) is 9.56. The van der Waals surface area contributed by atoms with Gasteiger partial charge in [-0.05, 0) is 42.9 Å². The highest BCUT2D eigenvalue weighted by Gasteiger charge is 2.25. The van der Waals surface area contributed by atoms with Crippen LogP contribution in [0.1, 0.15) is 23.8 Å². The Morgan fingerprint density at radius 3 is 2.93 bits per heavy atom. The lowest BCUT2D eigenvalue weighted by atomic mass is 9.89. The van der Waals surface area contributed by atoms with Gasteiger partial charge in [0.15, 0.2) is 5.16 Å². The van der Waals surface area contributed by atoms with Crippen molar-refractivity contribution in [1.29, 1.82) is 0 Å². The fourth-order valence-electron chi connectivity index (χ4n) is 3.75. The quantitative estimate of drug-likeness (QED) is 0.344. The second kappa shape index (κ2) is 9.32. The van der Waals surface area contributed by atoms with Crippen molar-refractivity contribution in [2.45, 2.75) is 31.3 Å². The molecule has 0 fully saturated rings. The van der Waals surface area contributed by atoms with E-state index in [2.05, 4.69) is 12.2 Å². The van der Waals surface area contributed by atoms with Gasteiger partial charge in [0.05, 0.1) is 23.4 Å². The van der Waals surface area contributed by atoms with Gasteiger partial charge in [-0.3, -0.25) is 14.2 Å². The van der Waals surface area contributed by atoms with Gasteiger partial charge in [-0.25, -0.2) is 4.98 Å². The number of thioether (sulfide) groups is 1. The molecule has 6 nitrogen and oxygen atoms in total. The molecule has 0 aliphatic heterocycles. The van der Waals surface area contributed by atoms with Gasteiger partial charge in [0.1, 0.15) is 4.83 Å². The van der Waals surface area contributed by atoms with Gasteiger partial charge >= 0.3 is 0 Å². The number of nitrogens with one attached hydrogen (secondary N) is 1. The van der Waals surface area contributed by atoms with Crippen LogP contribution >= 0.6 is 23.1 Å². The van der Waals surface area contributed by atoms with Gasteiger partial charge in [0.25, 0.3) is 5.56 Å². The first-order valence-electron chi connectivity index (χ1n) is 10.1. The molecular weight excluding hydrogens is 418 g/mol. The molecule has 1 amide bonds. The molecule has 1 unspecified atom stereocenters. The fraction of sp³-hybridized carbons (Fsp3) is 0.409. The van der Waals surface area contributed by atoms with Crippen molar-refractivity contribution in [2.24, 2.45) is 5.92 Å². The van der Waals surface area contributed by atoms with Crippen LogP contribution in [-0.2, 0) is 22.4 Å². The number of fused-ring (bicyclic) bond motifs is 3. The summed E-state index contributed by atoms with van der Waals surface area (Å²) in [5.41, 5.74) is 1.90. The number of aryl methyl sites for hydroxylation is 1. The molecule has 1 atom stereocenters. The van der Waals surface area contributed by atoms with E-state index in [1.54, 1.807) is 23.0 Å². The smallest absolute Gasteiger partial charge is 0.267 e. The highest BCUT2D eigenvalue weighted by atomic mass is 32.2.